The van der Waals surface area contributed by atoms with Crippen LogP contribution in [0.15, 0.2) is 0 Å². The quantitative estimate of drug-likeness (QED) is 0.697. The van der Waals surface area contributed by atoms with Gasteiger partial charge in [-0.05, 0) is 53.1 Å². The second-order valence-electron chi connectivity index (χ2n) is 5.10. The number of carbonyl (C=O) groups excluding carboxylic acids is 1. The Morgan fingerprint density at radius 1 is 1.38 bits per heavy atom. The van der Waals surface area contributed by atoms with Crippen LogP contribution in [0.25, 0.3) is 0 Å². The van der Waals surface area contributed by atoms with Gasteiger partial charge in [-0.15, -0.1) is 0 Å². The van der Waals surface area contributed by atoms with E-state index in [4.69, 9.17) is 4.74 Å². The highest BCUT2D eigenvalue weighted by atomic mass is 16.5. The van der Waals surface area contributed by atoms with Crippen LogP contribution in [0, 0.1) is 0 Å². The van der Waals surface area contributed by atoms with Crippen LogP contribution in [-0.2, 0) is 9.53 Å². The molecule has 0 aromatic heterocycles. The normalized spacial score (nSPS) is 21.3. The molecule has 16 heavy (non-hydrogen) atoms. The van der Waals surface area contributed by atoms with E-state index in [-0.39, 0.29) is 24.0 Å². The number of carbonyl (C=O) groups is 1. The Labute approximate surface area is 99.1 Å². The van der Waals surface area contributed by atoms with E-state index in [2.05, 4.69) is 18.7 Å². The molecule has 0 aromatic rings. The summed E-state index contributed by atoms with van der Waals surface area (Å²) in [5.41, 5.74) is -0.314. The monoisotopic (exact) mass is 227 g/mol. The zero-order valence-electron chi connectivity index (χ0n) is 11.1. The molecule has 1 fully saturated rings. The lowest BCUT2D eigenvalue weighted by molar-refractivity contribution is -0.136. The standard InChI is InChI=1S/C13H25NO2/c1-5-13(4,14-8-6-7-9-14)12(15)10-16-11(2)3/h11H,5-10H2,1-4H3. The Bertz CT molecular complexity index is 234. The summed E-state index contributed by atoms with van der Waals surface area (Å²) < 4.78 is 5.43. The molecule has 0 aromatic carbocycles. The Kier molecular flexibility index (Phi) is 4.93. The summed E-state index contributed by atoms with van der Waals surface area (Å²) >= 11 is 0. The first kappa shape index (κ1) is 13.7. The van der Waals surface area contributed by atoms with Crippen LogP contribution in [0.2, 0.25) is 0 Å². The fraction of sp³-hybridized carbons (Fsp3) is 0.923. The van der Waals surface area contributed by atoms with Gasteiger partial charge in [0.2, 0.25) is 0 Å². The van der Waals surface area contributed by atoms with Crippen LogP contribution >= 0.6 is 0 Å². The van der Waals surface area contributed by atoms with Crippen molar-refractivity contribution in [2.75, 3.05) is 19.7 Å². The van der Waals surface area contributed by atoms with Gasteiger partial charge in [-0.1, -0.05) is 6.92 Å². The van der Waals surface area contributed by atoms with E-state index in [1.165, 1.54) is 12.8 Å². The summed E-state index contributed by atoms with van der Waals surface area (Å²) in [7, 11) is 0. The average Bonchev–Trinajstić information content (AvgIpc) is 2.78. The fourth-order valence-electron chi connectivity index (χ4n) is 2.21. The summed E-state index contributed by atoms with van der Waals surface area (Å²) in [5, 5.41) is 0. The molecule has 0 saturated carbocycles. The second-order valence-corrected chi connectivity index (χ2v) is 5.10. The number of nitrogens with zero attached hydrogens (tertiary/aromatic N) is 1. The lowest BCUT2D eigenvalue weighted by Gasteiger charge is -2.36. The summed E-state index contributed by atoms with van der Waals surface area (Å²) in [6.07, 6.45) is 3.43. The Morgan fingerprint density at radius 2 is 1.94 bits per heavy atom. The van der Waals surface area contributed by atoms with Crippen LogP contribution < -0.4 is 0 Å². The first-order valence-corrected chi connectivity index (χ1v) is 6.40. The summed E-state index contributed by atoms with van der Waals surface area (Å²) in [6.45, 7) is 10.4. The predicted molar refractivity (Wildman–Crippen MR) is 65.6 cm³/mol. The number of ether oxygens (including phenoxy) is 1. The predicted octanol–water partition coefficient (Wildman–Crippen LogP) is 2.25. The van der Waals surface area contributed by atoms with Crippen molar-refractivity contribution < 1.29 is 9.53 Å². The summed E-state index contributed by atoms with van der Waals surface area (Å²) in [4.78, 5) is 14.5. The SMILES string of the molecule is CCC(C)(C(=O)COC(C)C)N1CCCC1. The number of rotatable bonds is 6. The molecule has 1 aliphatic heterocycles. The topological polar surface area (TPSA) is 29.5 Å². The van der Waals surface area contributed by atoms with E-state index in [9.17, 15) is 4.79 Å². The molecule has 1 heterocycles. The van der Waals surface area contributed by atoms with Gasteiger partial charge in [-0.25, -0.2) is 0 Å². The largest absolute Gasteiger partial charge is 0.371 e. The minimum Gasteiger partial charge on any atom is -0.371 e. The number of hydrogen-bond donors (Lipinski definition) is 0. The molecule has 0 aliphatic carbocycles. The van der Waals surface area contributed by atoms with Crippen LogP contribution in [0.5, 0.6) is 0 Å². The van der Waals surface area contributed by atoms with Gasteiger partial charge in [-0.3, -0.25) is 9.69 Å². The highest BCUT2D eigenvalue weighted by Crippen LogP contribution is 2.25. The Balaban J connectivity index is 2.59. The van der Waals surface area contributed by atoms with Gasteiger partial charge in [0.25, 0.3) is 0 Å². The van der Waals surface area contributed by atoms with Gasteiger partial charge in [0.1, 0.15) is 6.61 Å². The highest BCUT2D eigenvalue weighted by molar-refractivity contribution is 5.89. The van der Waals surface area contributed by atoms with E-state index in [1.54, 1.807) is 0 Å². The van der Waals surface area contributed by atoms with Crippen LogP contribution in [0.3, 0.4) is 0 Å². The van der Waals surface area contributed by atoms with Crippen LogP contribution in [0.4, 0.5) is 0 Å². The van der Waals surface area contributed by atoms with Gasteiger partial charge >= 0.3 is 0 Å². The lowest BCUT2D eigenvalue weighted by Crippen LogP contribution is -2.52. The molecule has 0 spiro atoms. The maximum atomic E-state index is 12.2. The molecule has 0 bridgehead atoms. The van der Waals surface area contributed by atoms with Gasteiger partial charge in [0.15, 0.2) is 5.78 Å². The first-order valence-electron chi connectivity index (χ1n) is 6.40. The van der Waals surface area contributed by atoms with Gasteiger partial charge < -0.3 is 4.74 Å². The summed E-state index contributed by atoms with van der Waals surface area (Å²) in [6, 6.07) is 0. The van der Waals surface area contributed by atoms with E-state index in [0.29, 0.717) is 0 Å². The van der Waals surface area contributed by atoms with E-state index >= 15 is 0 Å². The van der Waals surface area contributed by atoms with Crippen LogP contribution in [-0.4, -0.2) is 42.0 Å². The molecule has 1 saturated heterocycles. The lowest BCUT2D eigenvalue weighted by atomic mass is 9.91. The zero-order chi connectivity index (χ0) is 12.2. The number of ketones is 1. The van der Waals surface area contributed by atoms with Crippen molar-refractivity contribution in [3.8, 4) is 0 Å². The second kappa shape index (κ2) is 5.78. The maximum absolute atomic E-state index is 12.2. The van der Waals surface area contributed by atoms with Crippen molar-refractivity contribution in [3.63, 3.8) is 0 Å². The molecule has 3 nitrogen and oxygen atoms in total. The van der Waals surface area contributed by atoms with Crippen LogP contribution in [0.1, 0.15) is 47.0 Å². The molecular weight excluding hydrogens is 202 g/mol. The molecule has 0 N–H and O–H groups in total. The van der Waals surface area contributed by atoms with Gasteiger partial charge in [0.05, 0.1) is 11.6 Å². The molecule has 0 radical (unpaired) electrons. The third kappa shape index (κ3) is 3.05. The molecule has 0 amide bonds. The van der Waals surface area contributed by atoms with Crippen molar-refractivity contribution in [3.05, 3.63) is 0 Å². The number of likely N-dealkylation sites (tertiary alicyclic amines) is 1. The number of hydrogen-bond acceptors (Lipinski definition) is 3. The minimum absolute atomic E-state index is 0.128. The molecule has 94 valence electrons. The maximum Gasteiger partial charge on any atom is 0.178 e. The summed E-state index contributed by atoms with van der Waals surface area (Å²) in [5.74, 6) is 0.227. The van der Waals surface area contributed by atoms with Crippen molar-refractivity contribution in [1.29, 1.82) is 0 Å². The molecule has 1 rings (SSSR count). The molecule has 1 atom stereocenters. The molecule has 3 heteroatoms. The highest BCUT2D eigenvalue weighted by Gasteiger charge is 2.38. The molecule has 1 unspecified atom stereocenters. The zero-order valence-corrected chi connectivity index (χ0v) is 11.1. The smallest absolute Gasteiger partial charge is 0.178 e. The van der Waals surface area contributed by atoms with E-state index in [0.717, 1.165) is 19.5 Å². The number of Topliss-reactive ketones (excluding diaryl/α,β-unsaturated/α-hetero) is 1. The third-order valence-electron chi connectivity index (χ3n) is 3.64. The average molecular weight is 227 g/mol. The van der Waals surface area contributed by atoms with Gasteiger partial charge in [-0.2, -0.15) is 0 Å². The van der Waals surface area contributed by atoms with Crippen molar-refractivity contribution in [2.45, 2.75) is 58.6 Å². The van der Waals surface area contributed by atoms with Crippen molar-refractivity contribution in [2.24, 2.45) is 0 Å². The van der Waals surface area contributed by atoms with E-state index in [1.807, 2.05) is 13.8 Å². The molecular formula is C13H25NO2. The first-order chi connectivity index (χ1) is 7.50. The Morgan fingerprint density at radius 3 is 2.38 bits per heavy atom. The minimum atomic E-state index is -0.314. The third-order valence-corrected chi connectivity index (χ3v) is 3.64. The Hall–Kier alpha value is -0.410. The van der Waals surface area contributed by atoms with Crippen molar-refractivity contribution in [1.82, 2.24) is 4.90 Å². The fourth-order valence-corrected chi connectivity index (χ4v) is 2.21. The molecule has 1 aliphatic rings. The van der Waals surface area contributed by atoms with Crippen molar-refractivity contribution >= 4 is 5.78 Å². The van der Waals surface area contributed by atoms with Gasteiger partial charge in [0, 0.05) is 0 Å². The van der Waals surface area contributed by atoms with E-state index < -0.39 is 0 Å².